The van der Waals surface area contributed by atoms with Gasteiger partial charge in [0.15, 0.2) is 0 Å². The highest BCUT2D eigenvalue weighted by Crippen LogP contribution is 2.33. The van der Waals surface area contributed by atoms with E-state index in [9.17, 15) is 13.6 Å². The molecule has 0 radical (unpaired) electrons. The van der Waals surface area contributed by atoms with Crippen molar-refractivity contribution in [2.24, 2.45) is 4.99 Å². The molecule has 2 aromatic rings. The molecule has 1 saturated carbocycles. The molecular formula is C25H33F2N5O. The first kappa shape index (κ1) is 23.5. The maximum Gasteiger partial charge on any atom is 0.270 e. The van der Waals surface area contributed by atoms with E-state index in [1.54, 1.807) is 0 Å². The van der Waals surface area contributed by atoms with Gasteiger partial charge in [0.05, 0.1) is 18.4 Å². The van der Waals surface area contributed by atoms with Crippen LogP contribution in [-0.4, -0.2) is 58.4 Å². The smallest absolute Gasteiger partial charge is 0.270 e. The SMILES string of the molecule is CCN=C(C(=O)NC1CCC(F)(F)CC1)c1cc(-c2cnn3c2CN(C)CC3)cc(C)c1C. The Morgan fingerprint density at radius 1 is 1.24 bits per heavy atom. The van der Waals surface area contributed by atoms with Crippen LogP contribution in [0, 0.1) is 13.8 Å². The van der Waals surface area contributed by atoms with Crippen molar-refractivity contribution in [3.8, 4) is 11.1 Å². The highest BCUT2D eigenvalue weighted by atomic mass is 19.3. The van der Waals surface area contributed by atoms with Crippen LogP contribution >= 0.6 is 0 Å². The highest BCUT2D eigenvalue weighted by molar-refractivity contribution is 6.45. The molecule has 1 N–H and O–H groups in total. The number of hydrogen-bond donors (Lipinski definition) is 1. The van der Waals surface area contributed by atoms with Gasteiger partial charge in [0.25, 0.3) is 5.91 Å². The number of halogens is 2. The Morgan fingerprint density at radius 2 is 1.97 bits per heavy atom. The number of carbonyl (C=O) groups excluding carboxylic acids is 1. The average Bonchev–Trinajstić information content (AvgIpc) is 3.18. The van der Waals surface area contributed by atoms with E-state index in [2.05, 4.69) is 38.1 Å². The summed E-state index contributed by atoms with van der Waals surface area (Å²) in [5.74, 6) is -2.91. The lowest BCUT2D eigenvalue weighted by Crippen LogP contribution is -2.43. The zero-order valence-corrected chi connectivity index (χ0v) is 19.9. The van der Waals surface area contributed by atoms with E-state index in [1.807, 2.05) is 33.0 Å². The lowest BCUT2D eigenvalue weighted by Gasteiger charge is -2.29. The van der Waals surface area contributed by atoms with Gasteiger partial charge in [0.1, 0.15) is 5.71 Å². The van der Waals surface area contributed by atoms with Gasteiger partial charge in [-0.25, -0.2) is 8.78 Å². The molecule has 1 aromatic heterocycles. The van der Waals surface area contributed by atoms with Gasteiger partial charge in [-0.3, -0.25) is 19.4 Å². The molecular weight excluding hydrogens is 424 g/mol. The molecule has 1 fully saturated rings. The molecule has 2 aliphatic rings. The van der Waals surface area contributed by atoms with Crippen LogP contribution in [0.25, 0.3) is 11.1 Å². The molecule has 8 heteroatoms. The van der Waals surface area contributed by atoms with E-state index < -0.39 is 5.92 Å². The second-order valence-electron chi connectivity index (χ2n) is 9.36. The van der Waals surface area contributed by atoms with Crippen LogP contribution in [0.15, 0.2) is 23.3 Å². The van der Waals surface area contributed by atoms with Crippen molar-refractivity contribution >= 4 is 11.6 Å². The molecule has 4 rings (SSSR count). The molecule has 0 atom stereocenters. The van der Waals surface area contributed by atoms with Gasteiger partial charge in [-0.05, 0) is 63.4 Å². The third-order valence-corrected chi connectivity index (χ3v) is 6.88. The van der Waals surface area contributed by atoms with E-state index >= 15 is 0 Å². The summed E-state index contributed by atoms with van der Waals surface area (Å²) in [6.45, 7) is 9.03. The largest absolute Gasteiger partial charge is 0.348 e. The third kappa shape index (κ3) is 5.00. The highest BCUT2D eigenvalue weighted by Gasteiger charge is 2.36. The maximum absolute atomic E-state index is 13.5. The second-order valence-corrected chi connectivity index (χ2v) is 9.36. The van der Waals surface area contributed by atoms with Crippen LogP contribution in [0.5, 0.6) is 0 Å². The lowest BCUT2D eigenvalue weighted by molar-refractivity contribution is -0.116. The number of aryl methyl sites for hydroxylation is 1. The van der Waals surface area contributed by atoms with E-state index in [1.165, 1.54) is 5.69 Å². The van der Waals surface area contributed by atoms with Crippen molar-refractivity contribution in [1.82, 2.24) is 20.0 Å². The molecule has 1 aromatic carbocycles. The first-order valence-electron chi connectivity index (χ1n) is 11.8. The molecule has 1 aliphatic heterocycles. The van der Waals surface area contributed by atoms with Crippen LogP contribution < -0.4 is 5.32 Å². The molecule has 1 aliphatic carbocycles. The number of hydrogen-bond acceptors (Lipinski definition) is 4. The fourth-order valence-corrected chi connectivity index (χ4v) is 4.75. The van der Waals surface area contributed by atoms with Gasteiger partial charge in [0, 0.05) is 49.6 Å². The van der Waals surface area contributed by atoms with Crippen molar-refractivity contribution in [2.45, 2.75) is 71.5 Å². The van der Waals surface area contributed by atoms with Gasteiger partial charge in [-0.15, -0.1) is 0 Å². The topological polar surface area (TPSA) is 62.5 Å². The normalized spacial score (nSPS) is 19.4. The summed E-state index contributed by atoms with van der Waals surface area (Å²) in [7, 11) is 2.10. The van der Waals surface area contributed by atoms with Crippen molar-refractivity contribution in [3.63, 3.8) is 0 Å². The standard InChI is InChI=1S/C25H33F2N5O/c1-5-28-23(24(33)30-19-6-8-25(26,27)9-7-19)20-13-18(12-16(2)17(20)3)21-14-29-32-11-10-31(4)15-22(21)32/h12-14,19H,5-11,15H2,1-4H3,(H,30,33). The number of rotatable bonds is 5. The summed E-state index contributed by atoms with van der Waals surface area (Å²) in [4.78, 5) is 20.1. The Bertz CT molecular complexity index is 1060. The molecule has 0 saturated heterocycles. The fraction of sp³-hybridized carbons (Fsp3) is 0.560. The Hall–Kier alpha value is -2.61. The van der Waals surface area contributed by atoms with Crippen LogP contribution in [-0.2, 0) is 17.9 Å². The van der Waals surface area contributed by atoms with Crippen LogP contribution in [0.3, 0.4) is 0 Å². The lowest BCUT2D eigenvalue weighted by atomic mass is 9.91. The summed E-state index contributed by atoms with van der Waals surface area (Å²) in [5, 5.41) is 7.54. The number of aromatic nitrogens is 2. The van der Waals surface area contributed by atoms with Crippen LogP contribution in [0.2, 0.25) is 0 Å². The molecule has 178 valence electrons. The summed E-state index contributed by atoms with van der Waals surface area (Å²) < 4.78 is 29.1. The van der Waals surface area contributed by atoms with Gasteiger partial charge >= 0.3 is 0 Å². The molecule has 0 spiro atoms. The molecule has 0 unspecified atom stereocenters. The van der Waals surface area contributed by atoms with Crippen molar-refractivity contribution in [2.75, 3.05) is 20.1 Å². The Kier molecular flexibility index (Phi) is 6.66. The van der Waals surface area contributed by atoms with E-state index in [-0.39, 0.29) is 37.6 Å². The zero-order valence-electron chi connectivity index (χ0n) is 19.9. The fourth-order valence-electron chi connectivity index (χ4n) is 4.75. The maximum atomic E-state index is 13.5. The number of alkyl halides is 2. The van der Waals surface area contributed by atoms with Gasteiger partial charge < -0.3 is 5.32 Å². The predicted molar refractivity (Wildman–Crippen MR) is 126 cm³/mol. The number of fused-ring (bicyclic) bond motifs is 1. The van der Waals surface area contributed by atoms with Crippen molar-refractivity contribution in [3.05, 3.63) is 40.7 Å². The summed E-state index contributed by atoms with van der Waals surface area (Å²) in [5.41, 5.74) is 6.47. The minimum Gasteiger partial charge on any atom is -0.348 e. The number of carbonyl (C=O) groups is 1. The number of amides is 1. The predicted octanol–water partition coefficient (Wildman–Crippen LogP) is 4.12. The molecule has 1 amide bonds. The monoisotopic (exact) mass is 457 g/mol. The molecule has 33 heavy (non-hydrogen) atoms. The average molecular weight is 458 g/mol. The first-order valence-corrected chi connectivity index (χ1v) is 11.8. The van der Waals surface area contributed by atoms with Gasteiger partial charge in [-0.2, -0.15) is 5.10 Å². The van der Waals surface area contributed by atoms with E-state index in [0.29, 0.717) is 12.3 Å². The number of aliphatic imine (C=N–C) groups is 1. The molecule has 0 bridgehead atoms. The quantitative estimate of drug-likeness (QED) is 0.688. The number of benzene rings is 1. The molecule has 6 nitrogen and oxygen atoms in total. The van der Waals surface area contributed by atoms with Gasteiger partial charge in [-0.1, -0.05) is 6.07 Å². The van der Waals surface area contributed by atoms with E-state index in [0.717, 1.165) is 47.5 Å². The number of likely N-dealkylation sites (N-methyl/N-ethyl adjacent to an activating group) is 1. The number of nitrogens with zero attached hydrogens (tertiary/aromatic N) is 4. The minimum atomic E-state index is -2.62. The van der Waals surface area contributed by atoms with Crippen LogP contribution in [0.1, 0.15) is 55.0 Å². The minimum absolute atomic E-state index is 0.187. The zero-order chi connectivity index (χ0) is 23.8. The second kappa shape index (κ2) is 9.33. The Labute approximate surface area is 194 Å². The summed E-state index contributed by atoms with van der Waals surface area (Å²) >= 11 is 0. The third-order valence-electron chi connectivity index (χ3n) is 6.88. The molecule has 2 heterocycles. The van der Waals surface area contributed by atoms with Gasteiger partial charge in [0.2, 0.25) is 5.92 Å². The first-order chi connectivity index (χ1) is 15.7. The van der Waals surface area contributed by atoms with Crippen LogP contribution in [0.4, 0.5) is 8.78 Å². The van der Waals surface area contributed by atoms with Crippen molar-refractivity contribution in [1.29, 1.82) is 0 Å². The van der Waals surface area contributed by atoms with Crippen molar-refractivity contribution < 1.29 is 13.6 Å². The van der Waals surface area contributed by atoms with E-state index in [4.69, 9.17) is 0 Å². The number of nitrogens with one attached hydrogen (secondary N) is 1. The Balaban J connectivity index is 1.65. The Morgan fingerprint density at radius 3 is 2.67 bits per heavy atom. The summed E-state index contributed by atoms with van der Waals surface area (Å²) in [6.07, 6.45) is 2.10. The summed E-state index contributed by atoms with van der Waals surface area (Å²) in [6, 6.07) is 3.91.